The average molecular weight is 459 g/mol. The molecule has 4 N–H and O–H groups in total. The number of halogens is 1. The summed E-state index contributed by atoms with van der Waals surface area (Å²) in [6, 6.07) is 20.8. The van der Waals surface area contributed by atoms with Gasteiger partial charge in [-0.15, -0.1) is 0 Å². The van der Waals surface area contributed by atoms with Gasteiger partial charge in [-0.05, 0) is 79.6 Å². The zero-order valence-corrected chi connectivity index (χ0v) is 19.0. The van der Waals surface area contributed by atoms with E-state index in [1.54, 1.807) is 18.2 Å². The van der Waals surface area contributed by atoms with Gasteiger partial charge in [-0.25, -0.2) is 4.39 Å². The van der Waals surface area contributed by atoms with Crippen LogP contribution in [-0.2, 0) is 0 Å². The van der Waals surface area contributed by atoms with Crippen LogP contribution in [-0.4, -0.2) is 36.7 Å². The van der Waals surface area contributed by atoms with Crippen LogP contribution in [0.5, 0.6) is 5.75 Å². The summed E-state index contributed by atoms with van der Waals surface area (Å²) >= 11 is 0. The van der Waals surface area contributed by atoms with E-state index >= 15 is 0 Å². The van der Waals surface area contributed by atoms with Gasteiger partial charge in [0.1, 0.15) is 0 Å². The number of rotatable bonds is 5. The van der Waals surface area contributed by atoms with Crippen molar-refractivity contribution in [3.8, 4) is 22.7 Å². The third kappa shape index (κ3) is 3.99. The molecule has 1 amide bonds. The summed E-state index contributed by atoms with van der Waals surface area (Å²) in [7, 11) is 1.45. The molecule has 34 heavy (non-hydrogen) atoms. The van der Waals surface area contributed by atoms with Crippen molar-refractivity contribution in [2.24, 2.45) is 11.5 Å². The summed E-state index contributed by atoms with van der Waals surface area (Å²) in [5.74, 6) is -0.707. The lowest BCUT2D eigenvalue weighted by molar-refractivity contribution is 0.100. The van der Waals surface area contributed by atoms with Gasteiger partial charge >= 0.3 is 0 Å². The zero-order valence-electron chi connectivity index (χ0n) is 19.0. The number of nitrogens with zero attached hydrogens (tertiary/aromatic N) is 2. The normalized spacial score (nSPS) is 14.5. The summed E-state index contributed by atoms with van der Waals surface area (Å²) < 4.78 is 21.8. The number of hydrogen-bond acceptors (Lipinski definition) is 4. The molecule has 0 bridgehead atoms. The Morgan fingerprint density at radius 2 is 1.68 bits per heavy atom. The van der Waals surface area contributed by atoms with E-state index in [0.717, 1.165) is 59.5 Å². The standard InChI is InChI=1S/C27H27FN4O2/c1-34-26-9-4-18(15-23(26)28)25-16-19-14-22(31-12-10-20(29)11-13-31)7-8-24(19)32(25)21-5-2-17(3-6-21)27(30)33/h2-9,14-16,20H,10-13,29H2,1H3,(H2,30,33). The Morgan fingerprint density at radius 3 is 2.32 bits per heavy atom. The van der Waals surface area contributed by atoms with Crippen LogP contribution in [0.4, 0.5) is 10.1 Å². The molecule has 174 valence electrons. The number of hydrogen-bond donors (Lipinski definition) is 2. The average Bonchev–Trinajstić information content (AvgIpc) is 3.23. The lowest BCUT2D eigenvalue weighted by Crippen LogP contribution is -2.39. The molecule has 1 aliphatic heterocycles. The second kappa shape index (κ2) is 8.83. The number of piperidine rings is 1. The first-order valence-electron chi connectivity index (χ1n) is 11.3. The largest absolute Gasteiger partial charge is 0.494 e. The molecule has 1 aliphatic rings. The third-order valence-electron chi connectivity index (χ3n) is 6.55. The van der Waals surface area contributed by atoms with Crippen LogP contribution < -0.4 is 21.1 Å². The highest BCUT2D eigenvalue weighted by Crippen LogP contribution is 2.35. The van der Waals surface area contributed by atoms with Crippen LogP contribution in [0.2, 0.25) is 0 Å². The molecule has 0 saturated carbocycles. The van der Waals surface area contributed by atoms with E-state index < -0.39 is 11.7 Å². The highest BCUT2D eigenvalue weighted by molar-refractivity contribution is 5.94. The molecule has 0 radical (unpaired) electrons. The third-order valence-corrected chi connectivity index (χ3v) is 6.55. The molecular formula is C27H27FN4O2. The van der Waals surface area contributed by atoms with Crippen molar-refractivity contribution in [2.75, 3.05) is 25.1 Å². The highest BCUT2D eigenvalue weighted by Gasteiger charge is 2.19. The number of methoxy groups -OCH3 is 1. The van der Waals surface area contributed by atoms with Crippen LogP contribution in [0.25, 0.3) is 27.8 Å². The fraction of sp³-hybridized carbons (Fsp3) is 0.222. The molecule has 0 spiro atoms. The zero-order chi connectivity index (χ0) is 23.8. The Balaban J connectivity index is 1.65. The lowest BCUT2D eigenvalue weighted by Gasteiger charge is -2.32. The van der Waals surface area contributed by atoms with E-state index in [1.807, 2.05) is 18.2 Å². The Morgan fingerprint density at radius 1 is 0.971 bits per heavy atom. The molecule has 7 heteroatoms. The monoisotopic (exact) mass is 458 g/mol. The second-order valence-corrected chi connectivity index (χ2v) is 8.69. The minimum Gasteiger partial charge on any atom is -0.494 e. The van der Waals surface area contributed by atoms with Crippen molar-refractivity contribution in [3.05, 3.63) is 78.1 Å². The van der Waals surface area contributed by atoms with Crippen molar-refractivity contribution in [1.82, 2.24) is 4.57 Å². The molecule has 3 aromatic carbocycles. The molecule has 0 aliphatic carbocycles. The number of primary amides is 1. The summed E-state index contributed by atoms with van der Waals surface area (Å²) in [5, 5.41) is 1.04. The van der Waals surface area contributed by atoms with Gasteiger partial charge in [-0.1, -0.05) is 0 Å². The Kier molecular flexibility index (Phi) is 5.71. The predicted molar refractivity (Wildman–Crippen MR) is 133 cm³/mol. The molecule has 0 atom stereocenters. The maximum atomic E-state index is 14.6. The fourth-order valence-electron chi connectivity index (χ4n) is 4.65. The van der Waals surface area contributed by atoms with Gasteiger partial charge in [0.2, 0.25) is 5.91 Å². The Labute approximate surface area is 197 Å². The number of carbonyl (C=O) groups excluding carboxylic acids is 1. The maximum absolute atomic E-state index is 14.6. The minimum atomic E-state index is -0.479. The van der Waals surface area contributed by atoms with Crippen LogP contribution in [0.3, 0.4) is 0 Å². The van der Waals surface area contributed by atoms with Crippen LogP contribution >= 0.6 is 0 Å². The first kappa shape index (κ1) is 22.0. The highest BCUT2D eigenvalue weighted by atomic mass is 19.1. The fourth-order valence-corrected chi connectivity index (χ4v) is 4.65. The van der Waals surface area contributed by atoms with Crippen molar-refractivity contribution in [2.45, 2.75) is 18.9 Å². The van der Waals surface area contributed by atoms with E-state index in [1.165, 1.54) is 13.2 Å². The molecule has 1 fully saturated rings. The number of benzene rings is 3. The van der Waals surface area contributed by atoms with Gasteiger partial charge in [-0.2, -0.15) is 0 Å². The number of carbonyl (C=O) groups is 1. The lowest BCUT2D eigenvalue weighted by atomic mass is 10.1. The number of amides is 1. The Hall–Kier alpha value is -3.84. The maximum Gasteiger partial charge on any atom is 0.248 e. The van der Waals surface area contributed by atoms with E-state index in [-0.39, 0.29) is 11.8 Å². The number of aromatic nitrogens is 1. The van der Waals surface area contributed by atoms with Crippen molar-refractivity contribution >= 4 is 22.5 Å². The van der Waals surface area contributed by atoms with Gasteiger partial charge in [-0.3, -0.25) is 4.79 Å². The first-order chi connectivity index (χ1) is 16.4. The quantitative estimate of drug-likeness (QED) is 0.462. The smallest absolute Gasteiger partial charge is 0.248 e. The number of fused-ring (bicyclic) bond motifs is 1. The number of anilines is 1. The topological polar surface area (TPSA) is 86.5 Å². The molecule has 4 aromatic rings. The molecule has 1 saturated heterocycles. The molecule has 5 rings (SSSR count). The van der Waals surface area contributed by atoms with Crippen molar-refractivity contribution < 1.29 is 13.9 Å². The van der Waals surface area contributed by atoms with E-state index in [2.05, 4.69) is 33.7 Å². The van der Waals surface area contributed by atoms with E-state index in [0.29, 0.717) is 5.56 Å². The van der Waals surface area contributed by atoms with Crippen LogP contribution in [0, 0.1) is 5.82 Å². The molecule has 6 nitrogen and oxygen atoms in total. The van der Waals surface area contributed by atoms with Crippen LogP contribution in [0.1, 0.15) is 23.2 Å². The van der Waals surface area contributed by atoms with Crippen molar-refractivity contribution in [3.63, 3.8) is 0 Å². The van der Waals surface area contributed by atoms with Crippen LogP contribution in [0.15, 0.2) is 66.7 Å². The minimum absolute atomic E-state index is 0.197. The summed E-state index contributed by atoms with van der Waals surface area (Å²) in [5.41, 5.74) is 16.5. The molecule has 1 aromatic heterocycles. The van der Waals surface area contributed by atoms with Gasteiger partial charge in [0.05, 0.1) is 18.3 Å². The molecule has 2 heterocycles. The summed E-state index contributed by atoms with van der Waals surface area (Å²) in [6.45, 7) is 1.86. The van der Waals surface area contributed by atoms with Gasteiger partial charge in [0.25, 0.3) is 0 Å². The second-order valence-electron chi connectivity index (χ2n) is 8.69. The predicted octanol–water partition coefficient (Wildman–Crippen LogP) is 4.47. The van der Waals surface area contributed by atoms with E-state index in [9.17, 15) is 9.18 Å². The first-order valence-corrected chi connectivity index (χ1v) is 11.3. The SMILES string of the molecule is COc1ccc(-c2cc3cc(N4CCC(N)CC4)ccc3n2-c2ccc(C(N)=O)cc2)cc1F. The van der Waals surface area contributed by atoms with Gasteiger partial charge in [0, 0.05) is 47.0 Å². The van der Waals surface area contributed by atoms with Gasteiger partial charge in [0.15, 0.2) is 11.6 Å². The number of nitrogens with two attached hydrogens (primary N) is 2. The van der Waals surface area contributed by atoms with Crippen molar-refractivity contribution in [1.29, 1.82) is 0 Å². The van der Waals surface area contributed by atoms with E-state index in [4.69, 9.17) is 16.2 Å². The Bertz CT molecular complexity index is 1360. The van der Waals surface area contributed by atoms with Gasteiger partial charge < -0.3 is 25.7 Å². The molecule has 0 unspecified atom stereocenters. The summed E-state index contributed by atoms with van der Waals surface area (Å²) in [4.78, 5) is 13.9. The summed E-state index contributed by atoms with van der Waals surface area (Å²) in [6.07, 6.45) is 1.95. The number of ether oxygens (including phenoxy) is 1. The molecular weight excluding hydrogens is 431 g/mol.